The van der Waals surface area contributed by atoms with Gasteiger partial charge in [-0.05, 0) is 19.4 Å². The van der Waals surface area contributed by atoms with E-state index < -0.39 is 0 Å². The zero-order chi connectivity index (χ0) is 8.39. The molecule has 0 amide bonds. The molecule has 0 bridgehead atoms. The van der Waals surface area contributed by atoms with E-state index in [9.17, 15) is 4.79 Å². The molecule has 0 unspecified atom stereocenters. The van der Waals surface area contributed by atoms with Crippen molar-refractivity contribution in [1.82, 2.24) is 14.9 Å². The summed E-state index contributed by atoms with van der Waals surface area (Å²) in [5.74, 6) is 0.102. The van der Waals surface area contributed by atoms with Crippen molar-refractivity contribution in [3.05, 3.63) is 18.7 Å². The van der Waals surface area contributed by atoms with Gasteiger partial charge in [-0.2, -0.15) is 0 Å². The first-order valence-electron chi connectivity index (χ1n) is 4.13. The number of carbonyl (C=O) groups excluding carboxylic acids is 1. The van der Waals surface area contributed by atoms with Crippen molar-refractivity contribution >= 4 is 5.91 Å². The van der Waals surface area contributed by atoms with Crippen LogP contribution in [0, 0.1) is 0 Å². The van der Waals surface area contributed by atoms with Crippen LogP contribution in [0.15, 0.2) is 18.7 Å². The van der Waals surface area contributed by atoms with Crippen LogP contribution in [0.5, 0.6) is 0 Å². The maximum absolute atomic E-state index is 11.6. The van der Waals surface area contributed by atoms with Crippen LogP contribution < -0.4 is 5.32 Å². The largest absolute Gasteiger partial charge is 0.306 e. The number of carbonyl (C=O) groups is 1. The predicted octanol–water partition coefficient (Wildman–Crippen LogP) is 0.275. The summed E-state index contributed by atoms with van der Waals surface area (Å²) in [5, 5.41) is 3.15. The normalized spacial score (nSPS) is 22.8. The van der Waals surface area contributed by atoms with Crippen LogP contribution in [0.3, 0.4) is 0 Å². The highest BCUT2D eigenvalue weighted by molar-refractivity contribution is 5.84. The van der Waals surface area contributed by atoms with Crippen molar-refractivity contribution in [1.29, 1.82) is 0 Å². The summed E-state index contributed by atoms with van der Waals surface area (Å²) < 4.78 is 1.53. The Labute approximate surface area is 70.6 Å². The van der Waals surface area contributed by atoms with E-state index in [0.717, 1.165) is 19.4 Å². The fourth-order valence-corrected chi connectivity index (χ4v) is 1.46. The Balaban J connectivity index is 2.09. The number of imidazole rings is 1. The zero-order valence-electron chi connectivity index (χ0n) is 6.73. The average Bonchev–Trinajstić information content (AvgIpc) is 2.77. The number of hydrogen-bond donors (Lipinski definition) is 1. The minimum atomic E-state index is -0.000741. The molecule has 4 heteroatoms. The van der Waals surface area contributed by atoms with Crippen LogP contribution in [0.2, 0.25) is 0 Å². The van der Waals surface area contributed by atoms with Gasteiger partial charge in [0.25, 0.3) is 0 Å². The Bertz CT molecular complexity index is 262. The third-order valence-electron chi connectivity index (χ3n) is 2.12. The first kappa shape index (κ1) is 7.49. The van der Waals surface area contributed by atoms with Crippen molar-refractivity contribution in [3.8, 4) is 0 Å². The standard InChI is InChI=1S/C8H11N3O/c12-8(7-2-1-3-10-7)11-5-4-9-6-11/h4-7,10H,1-3H2/t7-/m0/s1. The molecule has 1 aliphatic rings. The summed E-state index contributed by atoms with van der Waals surface area (Å²) in [6.07, 6.45) is 6.87. The maximum atomic E-state index is 11.6. The smallest absolute Gasteiger partial charge is 0.248 e. The fraction of sp³-hybridized carbons (Fsp3) is 0.500. The molecule has 0 aliphatic carbocycles. The highest BCUT2D eigenvalue weighted by atomic mass is 16.2. The lowest BCUT2D eigenvalue weighted by Crippen LogP contribution is -2.34. The van der Waals surface area contributed by atoms with Crippen molar-refractivity contribution in [3.63, 3.8) is 0 Å². The van der Waals surface area contributed by atoms with E-state index in [1.807, 2.05) is 0 Å². The molecule has 0 saturated carbocycles. The number of nitrogens with zero attached hydrogens (tertiary/aromatic N) is 2. The highest BCUT2D eigenvalue weighted by Crippen LogP contribution is 2.07. The minimum absolute atomic E-state index is 0.000741. The Morgan fingerprint density at radius 1 is 1.67 bits per heavy atom. The number of hydrogen-bond acceptors (Lipinski definition) is 3. The molecule has 0 aromatic carbocycles. The third kappa shape index (κ3) is 1.25. The Hall–Kier alpha value is -1.16. The first-order chi connectivity index (χ1) is 5.88. The van der Waals surface area contributed by atoms with E-state index >= 15 is 0 Å². The van der Waals surface area contributed by atoms with Gasteiger partial charge in [0.05, 0.1) is 6.04 Å². The second-order valence-corrected chi connectivity index (χ2v) is 2.96. The third-order valence-corrected chi connectivity index (χ3v) is 2.12. The molecule has 12 heavy (non-hydrogen) atoms. The number of nitrogens with one attached hydrogen (secondary N) is 1. The summed E-state index contributed by atoms with van der Waals surface area (Å²) in [6, 6.07) is -0.000741. The monoisotopic (exact) mass is 165 g/mol. The Morgan fingerprint density at radius 2 is 2.58 bits per heavy atom. The van der Waals surface area contributed by atoms with Crippen LogP contribution in [0.1, 0.15) is 17.6 Å². The molecule has 2 heterocycles. The summed E-state index contributed by atoms with van der Waals surface area (Å²) in [6.45, 7) is 0.950. The van der Waals surface area contributed by atoms with Gasteiger partial charge in [-0.3, -0.25) is 9.36 Å². The maximum Gasteiger partial charge on any atom is 0.248 e. The van der Waals surface area contributed by atoms with Gasteiger partial charge in [0.2, 0.25) is 5.91 Å². The highest BCUT2D eigenvalue weighted by Gasteiger charge is 2.22. The lowest BCUT2D eigenvalue weighted by atomic mass is 10.2. The van der Waals surface area contributed by atoms with E-state index in [-0.39, 0.29) is 11.9 Å². The molecule has 64 valence electrons. The first-order valence-corrected chi connectivity index (χ1v) is 4.13. The molecule has 1 aliphatic heterocycles. The number of aromatic nitrogens is 2. The van der Waals surface area contributed by atoms with Crippen LogP contribution in [0.25, 0.3) is 0 Å². The van der Waals surface area contributed by atoms with E-state index in [4.69, 9.17) is 0 Å². The molecule has 1 atom stereocenters. The SMILES string of the molecule is O=C([C@@H]1CCCN1)n1ccnc1. The van der Waals surface area contributed by atoms with Gasteiger partial charge in [-0.1, -0.05) is 0 Å². The topological polar surface area (TPSA) is 46.9 Å². The molecular formula is C8H11N3O. The van der Waals surface area contributed by atoms with Crippen LogP contribution in [0.4, 0.5) is 0 Å². The predicted molar refractivity (Wildman–Crippen MR) is 43.9 cm³/mol. The van der Waals surface area contributed by atoms with E-state index in [2.05, 4.69) is 10.3 Å². The lowest BCUT2D eigenvalue weighted by molar-refractivity contribution is 0.0869. The van der Waals surface area contributed by atoms with Gasteiger partial charge in [0.15, 0.2) is 0 Å². The van der Waals surface area contributed by atoms with Crippen LogP contribution >= 0.6 is 0 Å². The molecule has 2 rings (SSSR count). The van der Waals surface area contributed by atoms with E-state index in [1.165, 1.54) is 4.57 Å². The van der Waals surface area contributed by atoms with Gasteiger partial charge in [0, 0.05) is 12.4 Å². The molecule has 0 spiro atoms. The van der Waals surface area contributed by atoms with Crippen LogP contribution in [-0.4, -0.2) is 28.0 Å². The van der Waals surface area contributed by atoms with Gasteiger partial charge >= 0.3 is 0 Å². The molecular weight excluding hydrogens is 154 g/mol. The summed E-state index contributed by atoms with van der Waals surface area (Å²) in [5.41, 5.74) is 0. The van der Waals surface area contributed by atoms with Crippen molar-refractivity contribution in [2.75, 3.05) is 6.54 Å². The van der Waals surface area contributed by atoms with Gasteiger partial charge < -0.3 is 5.32 Å². The van der Waals surface area contributed by atoms with Crippen LogP contribution in [-0.2, 0) is 0 Å². The van der Waals surface area contributed by atoms with Crippen molar-refractivity contribution < 1.29 is 4.79 Å². The summed E-state index contributed by atoms with van der Waals surface area (Å²) in [4.78, 5) is 15.4. The van der Waals surface area contributed by atoms with Crippen molar-refractivity contribution in [2.45, 2.75) is 18.9 Å². The molecule has 1 aromatic heterocycles. The molecule has 4 nitrogen and oxygen atoms in total. The van der Waals surface area contributed by atoms with E-state index in [0.29, 0.717) is 0 Å². The Morgan fingerprint density at radius 3 is 3.17 bits per heavy atom. The average molecular weight is 165 g/mol. The molecule has 1 aromatic rings. The van der Waals surface area contributed by atoms with Crippen molar-refractivity contribution in [2.24, 2.45) is 0 Å². The van der Waals surface area contributed by atoms with Gasteiger partial charge in [-0.25, -0.2) is 4.98 Å². The second-order valence-electron chi connectivity index (χ2n) is 2.96. The quantitative estimate of drug-likeness (QED) is 0.650. The fourth-order valence-electron chi connectivity index (χ4n) is 1.46. The summed E-state index contributed by atoms with van der Waals surface area (Å²) >= 11 is 0. The lowest BCUT2D eigenvalue weighted by Gasteiger charge is -2.07. The second kappa shape index (κ2) is 3.06. The Kier molecular flexibility index (Phi) is 1.91. The zero-order valence-corrected chi connectivity index (χ0v) is 6.73. The van der Waals surface area contributed by atoms with Gasteiger partial charge in [0.1, 0.15) is 6.33 Å². The molecule has 0 radical (unpaired) electrons. The minimum Gasteiger partial charge on any atom is -0.306 e. The number of rotatable bonds is 1. The molecule has 1 N–H and O–H groups in total. The van der Waals surface area contributed by atoms with E-state index in [1.54, 1.807) is 18.7 Å². The molecule has 1 saturated heterocycles. The molecule has 1 fully saturated rings. The summed E-state index contributed by atoms with van der Waals surface area (Å²) in [7, 11) is 0. The van der Waals surface area contributed by atoms with Gasteiger partial charge in [-0.15, -0.1) is 0 Å².